The number of carbonyl (C=O) groups is 1. The highest BCUT2D eigenvalue weighted by molar-refractivity contribution is 5.83. The number of hydrogen-bond acceptors (Lipinski definition) is 3. The van der Waals surface area contributed by atoms with Crippen molar-refractivity contribution in [2.24, 2.45) is 28.9 Å². The molecule has 1 amide bonds. The fourth-order valence-corrected chi connectivity index (χ4v) is 5.06. The largest absolute Gasteiger partial charge is 0.393 e. The summed E-state index contributed by atoms with van der Waals surface area (Å²) in [7, 11) is 0. The third-order valence-corrected chi connectivity index (χ3v) is 5.49. The zero-order valence-corrected chi connectivity index (χ0v) is 8.52. The second-order valence-electron chi connectivity index (χ2n) is 5.88. The van der Waals surface area contributed by atoms with Crippen LogP contribution in [0.4, 0.5) is 0 Å². The summed E-state index contributed by atoms with van der Waals surface area (Å²) >= 11 is 0. The molecule has 1 aliphatic heterocycles. The maximum Gasteiger partial charge on any atom is 0.223 e. The van der Waals surface area contributed by atoms with Crippen molar-refractivity contribution in [2.45, 2.75) is 37.5 Å². The fourth-order valence-electron chi connectivity index (χ4n) is 5.06. The van der Waals surface area contributed by atoms with Crippen molar-refractivity contribution in [1.29, 1.82) is 0 Å². The fraction of sp³-hybridized carbons (Fsp3) is 0.909. The molecule has 4 rings (SSSR count). The molecule has 4 fully saturated rings. The molecule has 4 nitrogen and oxygen atoms in total. The first kappa shape index (κ1) is 8.53. The van der Waals surface area contributed by atoms with Gasteiger partial charge in [0.15, 0.2) is 0 Å². The van der Waals surface area contributed by atoms with Gasteiger partial charge < -0.3 is 16.2 Å². The molecule has 0 radical (unpaired) electrons. The molecule has 5 atom stereocenters. The van der Waals surface area contributed by atoms with Gasteiger partial charge in [-0.05, 0) is 36.5 Å². The van der Waals surface area contributed by atoms with Crippen LogP contribution in [0.3, 0.4) is 0 Å². The van der Waals surface area contributed by atoms with Gasteiger partial charge in [-0.25, -0.2) is 0 Å². The van der Waals surface area contributed by atoms with Crippen molar-refractivity contribution in [2.75, 3.05) is 0 Å². The van der Waals surface area contributed by atoms with Gasteiger partial charge in [-0.2, -0.15) is 0 Å². The highest BCUT2D eigenvalue weighted by Crippen LogP contribution is 2.70. The molecule has 1 heterocycles. The number of hydrogen-bond donors (Lipinski definition) is 3. The monoisotopic (exact) mass is 208 g/mol. The minimum absolute atomic E-state index is 0.130. The van der Waals surface area contributed by atoms with E-state index in [1.165, 1.54) is 0 Å². The van der Waals surface area contributed by atoms with Crippen molar-refractivity contribution in [3.05, 3.63) is 0 Å². The Morgan fingerprint density at radius 1 is 1.47 bits per heavy atom. The van der Waals surface area contributed by atoms with Crippen LogP contribution in [0.1, 0.15) is 19.3 Å². The topological polar surface area (TPSA) is 75.3 Å². The van der Waals surface area contributed by atoms with Gasteiger partial charge in [0.25, 0.3) is 0 Å². The van der Waals surface area contributed by atoms with E-state index in [2.05, 4.69) is 5.32 Å². The molecule has 4 aliphatic rings. The van der Waals surface area contributed by atoms with Gasteiger partial charge >= 0.3 is 0 Å². The summed E-state index contributed by atoms with van der Waals surface area (Å²) in [5.41, 5.74) is 6.41. The Morgan fingerprint density at radius 3 is 2.87 bits per heavy atom. The first-order chi connectivity index (χ1) is 7.13. The van der Waals surface area contributed by atoms with E-state index >= 15 is 0 Å². The van der Waals surface area contributed by atoms with Crippen LogP contribution in [-0.2, 0) is 4.79 Å². The lowest BCUT2D eigenvalue weighted by atomic mass is 9.59. The van der Waals surface area contributed by atoms with Gasteiger partial charge in [-0.15, -0.1) is 0 Å². The van der Waals surface area contributed by atoms with Crippen molar-refractivity contribution < 1.29 is 9.90 Å². The summed E-state index contributed by atoms with van der Waals surface area (Å²) in [4.78, 5) is 11.7. The zero-order valence-electron chi connectivity index (χ0n) is 8.52. The van der Waals surface area contributed by atoms with Crippen molar-refractivity contribution in [1.82, 2.24) is 5.32 Å². The number of amides is 1. The third-order valence-electron chi connectivity index (χ3n) is 5.49. The number of rotatable bonds is 0. The molecule has 0 aromatic carbocycles. The normalized spacial score (nSPS) is 64.8. The molecular weight excluding hydrogens is 192 g/mol. The Labute approximate surface area is 88.2 Å². The highest BCUT2D eigenvalue weighted by atomic mass is 16.3. The Bertz CT molecular complexity index is 350. The van der Waals surface area contributed by atoms with Crippen LogP contribution in [0.5, 0.6) is 0 Å². The number of aliphatic hydroxyl groups is 1. The van der Waals surface area contributed by atoms with E-state index in [0.717, 1.165) is 19.3 Å². The Kier molecular flexibility index (Phi) is 1.27. The van der Waals surface area contributed by atoms with Crippen LogP contribution in [-0.4, -0.2) is 29.2 Å². The minimum Gasteiger partial charge on any atom is -0.393 e. The Morgan fingerprint density at radius 2 is 2.20 bits per heavy atom. The van der Waals surface area contributed by atoms with Crippen LogP contribution in [0.15, 0.2) is 0 Å². The number of nitrogens with two attached hydrogens (primary N) is 1. The standard InChI is InChI=1S/C11H16N2O2/c12-8-6-1-5-7(9(8)13-10(5)15)11(6)2-4(14)3-11/h4-9,14H,1-3,12H2,(H,13,15)/t4?,5-,6+,7+,8-,9-,11?/m0/s1. The third kappa shape index (κ3) is 0.712. The van der Waals surface area contributed by atoms with E-state index in [1.54, 1.807) is 0 Å². The van der Waals surface area contributed by atoms with E-state index in [4.69, 9.17) is 5.73 Å². The second-order valence-corrected chi connectivity index (χ2v) is 5.88. The summed E-state index contributed by atoms with van der Waals surface area (Å²) in [6.45, 7) is 0. The number of aliphatic hydroxyl groups excluding tert-OH is 1. The summed E-state index contributed by atoms with van der Waals surface area (Å²) < 4.78 is 0. The predicted molar refractivity (Wildman–Crippen MR) is 52.7 cm³/mol. The minimum atomic E-state index is -0.145. The first-order valence-electron chi connectivity index (χ1n) is 5.87. The van der Waals surface area contributed by atoms with Crippen LogP contribution in [0, 0.1) is 23.2 Å². The lowest BCUT2D eigenvalue weighted by molar-refractivity contribution is -0.123. The predicted octanol–water partition coefficient (Wildman–Crippen LogP) is -0.781. The molecule has 2 bridgehead atoms. The summed E-state index contributed by atoms with van der Waals surface area (Å²) in [5.74, 6) is 1.31. The molecule has 3 saturated carbocycles. The van der Waals surface area contributed by atoms with Crippen molar-refractivity contribution in [3.8, 4) is 0 Å². The van der Waals surface area contributed by atoms with E-state index in [-0.39, 0.29) is 35.4 Å². The molecule has 15 heavy (non-hydrogen) atoms. The summed E-state index contributed by atoms with van der Waals surface area (Å²) in [6, 6.07) is 0.332. The molecular formula is C11H16N2O2. The van der Waals surface area contributed by atoms with Gasteiger partial charge in [-0.1, -0.05) is 0 Å². The maximum atomic E-state index is 11.7. The van der Waals surface area contributed by atoms with Crippen LogP contribution < -0.4 is 11.1 Å². The molecule has 1 saturated heterocycles. The van der Waals surface area contributed by atoms with E-state index in [9.17, 15) is 9.90 Å². The van der Waals surface area contributed by atoms with E-state index in [0.29, 0.717) is 11.8 Å². The number of carbonyl (C=O) groups excluding carboxylic acids is 1. The molecule has 0 aromatic rings. The first-order valence-corrected chi connectivity index (χ1v) is 5.87. The Balaban J connectivity index is 1.79. The SMILES string of the molecule is N[C@@H]1[C@H]2NC(=O)[C@H]3C[C@H]1C1(CC(O)C1)[C@@H]23. The molecule has 1 spiro atoms. The van der Waals surface area contributed by atoms with Crippen molar-refractivity contribution >= 4 is 5.91 Å². The molecule has 0 unspecified atom stereocenters. The van der Waals surface area contributed by atoms with Crippen LogP contribution in [0.2, 0.25) is 0 Å². The molecule has 4 heteroatoms. The van der Waals surface area contributed by atoms with Gasteiger partial charge in [0.1, 0.15) is 0 Å². The smallest absolute Gasteiger partial charge is 0.223 e. The highest BCUT2D eigenvalue weighted by Gasteiger charge is 2.73. The van der Waals surface area contributed by atoms with E-state index in [1.807, 2.05) is 0 Å². The molecule has 4 N–H and O–H groups in total. The molecule has 0 aromatic heterocycles. The average Bonchev–Trinajstić information content (AvgIpc) is 2.66. The van der Waals surface area contributed by atoms with Crippen molar-refractivity contribution in [3.63, 3.8) is 0 Å². The van der Waals surface area contributed by atoms with Gasteiger partial charge in [0, 0.05) is 18.0 Å². The van der Waals surface area contributed by atoms with E-state index < -0.39 is 0 Å². The lowest BCUT2D eigenvalue weighted by Gasteiger charge is -2.47. The lowest BCUT2D eigenvalue weighted by Crippen LogP contribution is -2.46. The summed E-state index contributed by atoms with van der Waals surface area (Å²) in [5, 5.41) is 12.6. The van der Waals surface area contributed by atoms with Gasteiger partial charge in [-0.3, -0.25) is 4.79 Å². The zero-order chi connectivity index (χ0) is 10.4. The second kappa shape index (κ2) is 2.23. The molecule has 82 valence electrons. The Hall–Kier alpha value is -0.610. The summed E-state index contributed by atoms with van der Waals surface area (Å²) in [6.07, 6.45) is 2.56. The maximum absolute atomic E-state index is 11.7. The van der Waals surface area contributed by atoms with Gasteiger partial charge in [0.2, 0.25) is 5.91 Å². The van der Waals surface area contributed by atoms with Gasteiger partial charge in [0.05, 0.1) is 6.10 Å². The molecule has 3 aliphatic carbocycles. The average molecular weight is 208 g/mol. The number of nitrogens with one attached hydrogen (secondary N) is 1. The van der Waals surface area contributed by atoms with Crippen LogP contribution >= 0.6 is 0 Å². The quantitative estimate of drug-likeness (QED) is 0.489. The van der Waals surface area contributed by atoms with Crippen LogP contribution in [0.25, 0.3) is 0 Å².